The molecular formula is C25H24N4O2S. The average Bonchev–Trinajstić information content (AvgIpc) is 3.49. The summed E-state index contributed by atoms with van der Waals surface area (Å²) in [7, 11) is 0. The largest absolute Gasteiger partial charge is 0.361 e. The average molecular weight is 445 g/mol. The molecule has 7 heteroatoms. The molecule has 4 heterocycles. The predicted octanol–water partition coefficient (Wildman–Crippen LogP) is 3.99. The molecule has 0 aliphatic carbocycles. The summed E-state index contributed by atoms with van der Waals surface area (Å²) in [5, 5.41) is 6.06. The minimum atomic E-state index is 0.0113. The van der Waals surface area contributed by atoms with Gasteiger partial charge >= 0.3 is 0 Å². The maximum atomic E-state index is 13.1. The van der Waals surface area contributed by atoms with Gasteiger partial charge in [0.05, 0.1) is 6.42 Å². The van der Waals surface area contributed by atoms with Crippen molar-refractivity contribution in [1.29, 1.82) is 0 Å². The Balaban J connectivity index is 1.30. The number of carbonyl (C=O) groups is 2. The lowest BCUT2D eigenvalue weighted by Gasteiger charge is -2.30. The van der Waals surface area contributed by atoms with E-state index in [1.165, 1.54) is 5.56 Å². The SMILES string of the molecule is Cc1ncc2c(c1CNC(=O)Cc1cccs1)CCN(C(=O)c1ccc3[nH]ccc3c1)C2. The van der Waals surface area contributed by atoms with Crippen LogP contribution in [-0.2, 0) is 30.7 Å². The van der Waals surface area contributed by atoms with Gasteiger partial charge in [-0.25, -0.2) is 0 Å². The summed E-state index contributed by atoms with van der Waals surface area (Å²) in [5.41, 5.74) is 5.98. The van der Waals surface area contributed by atoms with E-state index < -0.39 is 0 Å². The minimum absolute atomic E-state index is 0.0113. The Bertz CT molecular complexity index is 1290. The standard InChI is InChI=1S/C25H24N4O2S/c1-16-22(14-28-24(30)12-20-3-2-10-32-20)21-7-9-29(15-19(21)13-27-16)25(31)18-4-5-23-17(11-18)6-8-26-23/h2-6,8,10-11,13,26H,7,9,12,14-15H2,1H3,(H,28,30). The normalized spacial score (nSPS) is 13.2. The fourth-order valence-corrected chi connectivity index (χ4v) is 5.02. The van der Waals surface area contributed by atoms with E-state index in [0.29, 0.717) is 31.6 Å². The molecule has 0 atom stereocenters. The highest BCUT2D eigenvalue weighted by atomic mass is 32.1. The van der Waals surface area contributed by atoms with Crippen LogP contribution in [0.2, 0.25) is 0 Å². The molecule has 0 fully saturated rings. The van der Waals surface area contributed by atoms with Crippen LogP contribution in [0.3, 0.4) is 0 Å². The zero-order valence-corrected chi connectivity index (χ0v) is 18.7. The second-order valence-electron chi connectivity index (χ2n) is 8.12. The summed E-state index contributed by atoms with van der Waals surface area (Å²) in [5.74, 6) is 0.0438. The van der Waals surface area contributed by atoms with Gasteiger partial charge in [-0.3, -0.25) is 14.6 Å². The Morgan fingerprint density at radius 3 is 3.00 bits per heavy atom. The van der Waals surface area contributed by atoms with Crippen LogP contribution in [0, 0.1) is 6.92 Å². The van der Waals surface area contributed by atoms with Crippen LogP contribution < -0.4 is 5.32 Å². The van der Waals surface area contributed by atoms with Crippen molar-refractivity contribution < 1.29 is 9.59 Å². The van der Waals surface area contributed by atoms with Gasteiger partial charge in [0.1, 0.15) is 0 Å². The fourth-order valence-electron chi connectivity index (χ4n) is 4.32. The van der Waals surface area contributed by atoms with Crippen LogP contribution in [0.5, 0.6) is 0 Å². The van der Waals surface area contributed by atoms with Crippen molar-refractivity contribution in [2.24, 2.45) is 0 Å². The van der Waals surface area contributed by atoms with Gasteiger partial charge in [-0.1, -0.05) is 6.07 Å². The number of H-pyrrole nitrogens is 1. The van der Waals surface area contributed by atoms with Gasteiger partial charge < -0.3 is 15.2 Å². The number of nitrogens with one attached hydrogen (secondary N) is 2. The Morgan fingerprint density at radius 2 is 2.16 bits per heavy atom. The molecule has 0 spiro atoms. The number of thiophene rings is 1. The molecule has 0 saturated carbocycles. The van der Waals surface area contributed by atoms with Crippen molar-refractivity contribution in [3.63, 3.8) is 0 Å². The number of fused-ring (bicyclic) bond motifs is 2. The molecule has 6 nitrogen and oxygen atoms in total. The van der Waals surface area contributed by atoms with Crippen LogP contribution in [0.4, 0.5) is 0 Å². The first-order chi connectivity index (χ1) is 15.6. The Kier molecular flexibility index (Phi) is 5.49. The number of benzene rings is 1. The van der Waals surface area contributed by atoms with Crippen molar-refractivity contribution in [2.45, 2.75) is 32.9 Å². The summed E-state index contributed by atoms with van der Waals surface area (Å²) >= 11 is 1.59. The summed E-state index contributed by atoms with van der Waals surface area (Å²) in [4.78, 5) is 36.1. The van der Waals surface area contributed by atoms with E-state index in [1.807, 2.05) is 66.0 Å². The molecule has 1 aliphatic heterocycles. The van der Waals surface area contributed by atoms with E-state index in [-0.39, 0.29) is 11.8 Å². The first-order valence-corrected chi connectivity index (χ1v) is 11.6. The summed E-state index contributed by atoms with van der Waals surface area (Å²) < 4.78 is 0. The zero-order chi connectivity index (χ0) is 22.1. The third-order valence-corrected chi connectivity index (χ3v) is 6.94. The zero-order valence-electron chi connectivity index (χ0n) is 17.9. The molecule has 4 aromatic rings. The summed E-state index contributed by atoms with van der Waals surface area (Å²) in [6, 6.07) is 11.7. The van der Waals surface area contributed by atoms with Gasteiger partial charge in [0.25, 0.3) is 5.91 Å². The number of rotatable bonds is 5. The van der Waals surface area contributed by atoms with E-state index in [2.05, 4.69) is 15.3 Å². The molecule has 32 heavy (non-hydrogen) atoms. The monoisotopic (exact) mass is 444 g/mol. The van der Waals surface area contributed by atoms with E-state index >= 15 is 0 Å². The van der Waals surface area contributed by atoms with Crippen molar-refractivity contribution in [3.8, 4) is 0 Å². The van der Waals surface area contributed by atoms with E-state index in [9.17, 15) is 9.59 Å². The molecule has 1 aliphatic rings. The number of amides is 2. The number of aromatic nitrogens is 2. The van der Waals surface area contributed by atoms with E-state index in [4.69, 9.17) is 0 Å². The predicted molar refractivity (Wildman–Crippen MR) is 126 cm³/mol. The second-order valence-corrected chi connectivity index (χ2v) is 9.15. The number of hydrogen-bond donors (Lipinski definition) is 2. The fraction of sp³-hybridized carbons (Fsp3) is 0.240. The Morgan fingerprint density at radius 1 is 1.25 bits per heavy atom. The third kappa shape index (κ3) is 4.03. The molecule has 2 N–H and O–H groups in total. The highest BCUT2D eigenvalue weighted by molar-refractivity contribution is 7.10. The van der Waals surface area contributed by atoms with Gasteiger partial charge in [-0.2, -0.15) is 0 Å². The lowest BCUT2D eigenvalue weighted by Crippen LogP contribution is -2.37. The molecule has 1 aromatic carbocycles. The van der Waals surface area contributed by atoms with Crippen LogP contribution in [-0.4, -0.2) is 33.2 Å². The molecule has 3 aromatic heterocycles. The second kappa shape index (κ2) is 8.59. The third-order valence-electron chi connectivity index (χ3n) is 6.06. The number of hydrogen-bond acceptors (Lipinski definition) is 4. The lowest BCUT2D eigenvalue weighted by atomic mass is 9.94. The minimum Gasteiger partial charge on any atom is -0.361 e. The topological polar surface area (TPSA) is 78.1 Å². The van der Waals surface area contributed by atoms with Crippen LogP contribution in [0.1, 0.15) is 37.6 Å². The maximum Gasteiger partial charge on any atom is 0.254 e. The van der Waals surface area contributed by atoms with Crippen molar-refractivity contribution in [3.05, 3.63) is 87.0 Å². The van der Waals surface area contributed by atoms with Crippen LogP contribution >= 0.6 is 11.3 Å². The smallest absolute Gasteiger partial charge is 0.254 e. The number of nitrogens with zero attached hydrogens (tertiary/aromatic N) is 2. The first-order valence-electron chi connectivity index (χ1n) is 10.7. The highest BCUT2D eigenvalue weighted by Crippen LogP contribution is 2.26. The number of aromatic amines is 1. The van der Waals surface area contributed by atoms with Crippen molar-refractivity contribution in [1.82, 2.24) is 20.2 Å². The van der Waals surface area contributed by atoms with E-state index in [1.54, 1.807) is 11.3 Å². The summed E-state index contributed by atoms with van der Waals surface area (Å²) in [6.45, 7) is 3.62. The molecule has 0 unspecified atom stereocenters. The molecule has 2 amide bonds. The Labute approximate surface area is 190 Å². The van der Waals surface area contributed by atoms with Crippen molar-refractivity contribution >= 4 is 34.1 Å². The molecule has 5 rings (SSSR count). The molecule has 162 valence electrons. The molecule has 0 bridgehead atoms. The van der Waals surface area contributed by atoms with Gasteiger partial charge in [0, 0.05) is 59.1 Å². The maximum absolute atomic E-state index is 13.1. The molecular weight excluding hydrogens is 420 g/mol. The van der Waals surface area contributed by atoms with Crippen LogP contribution in [0.15, 0.2) is 54.2 Å². The highest BCUT2D eigenvalue weighted by Gasteiger charge is 2.25. The van der Waals surface area contributed by atoms with Crippen molar-refractivity contribution in [2.75, 3.05) is 6.54 Å². The first kappa shape index (κ1) is 20.5. The van der Waals surface area contributed by atoms with E-state index in [0.717, 1.165) is 39.0 Å². The summed E-state index contributed by atoms with van der Waals surface area (Å²) in [6.07, 6.45) is 4.90. The molecule has 0 radical (unpaired) electrons. The molecule has 0 saturated heterocycles. The number of pyridine rings is 1. The quantitative estimate of drug-likeness (QED) is 0.489. The van der Waals surface area contributed by atoms with Gasteiger partial charge in [-0.15, -0.1) is 11.3 Å². The van der Waals surface area contributed by atoms with Gasteiger partial charge in [-0.05, 0) is 65.7 Å². The van der Waals surface area contributed by atoms with Gasteiger partial charge in [0.2, 0.25) is 5.91 Å². The van der Waals surface area contributed by atoms with Crippen LogP contribution in [0.25, 0.3) is 10.9 Å². The number of carbonyl (C=O) groups excluding carboxylic acids is 2. The number of aryl methyl sites for hydroxylation is 1. The lowest BCUT2D eigenvalue weighted by molar-refractivity contribution is -0.120. The van der Waals surface area contributed by atoms with Gasteiger partial charge in [0.15, 0.2) is 0 Å². The Hall–Kier alpha value is -3.45.